The van der Waals surface area contributed by atoms with Crippen molar-refractivity contribution >= 4 is 5.82 Å². The van der Waals surface area contributed by atoms with Crippen LogP contribution in [0.1, 0.15) is 25.5 Å². The van der Waals surface area contributed by atoms with Crippen molar-refractivity contribution in [3.63, 3.8) is 0 Å². The number of hydrogen-bond acceptors (Lipinski definition) is 6. The van der Waals surface area contributed by atoms with Gasteiger partial charge < -0.3 is 9.80 Å². The molecule has 26 heavy (non-hydrogen) atoms. The van der Waals surface area contributed by atoms with Crippen molar-refractivity contribution in [2.45, 2.75) is 26.3 Å². The van der Waals surface area contributed by atoms with Gasteiger partial charge in [-0.05, 0) is 23.8 Å². The normalized spacial score (nSPS) is 23.0. The molecule has 0 aliphatic carbocycles. The number of nitrogens with zero attached hydrogens (tertiary/aromatic N) is 6. The van der Waals surface area contributed by atoms with E-state index < -0.39 is 0 Å². The maximum atomic E-state index is 11.7. The van der Waals surface area contributed by atoms with E-state index >= 15 is 0 Å². The van der Waals surface area contributed by atoms with Gasteiger partial charge in [-0.25, -0.2) is 19.7 Å². The Balaban J connectivity index is 1.33. The molecule has 138 valence electrons. The molecule has 0 radical (unpaired) electrons. The van der Waals surface area contributed by atoms with Gasteiger partial charge in [0.1, 0.15) is 12.1 Å². The Bertz CT molecular complexity index is 805. The predicted molar refractivity (Wildman–Crippen MR) is 100 cm³/mol. The third-order valence-corrected chi connectivity index (χ3v) is 5.59. The van der Waals surface area contributed by atoms with Crippen LogP contribution in [-0.2, 0) is 6.54 Å². The van der Waals surface area contributed by atoms with Crippen LogP contribution in [0.4, 0.5) is 5.82 Å². The monoisotopic (exact) mass is 354 g/mol. The molecule has 2 unspecified atom stereocenters. The zero-order chi connectivity index (χ0) is 18.1. The molecule has 2 aliphatic heterocycles. The molecule has 0 aromatic carbocycles. The molecule has 0 spiro atoms. The van der Waals surface area contributed by atoms with Crippen LogP contribution in [0.3, 0.4) is 0 Å². The second kappa shape index (κ2) is 7.15. The van der Waals surface area contributed by atoms with Gasteiger partial charge in [0.05, 0.1) is 0 Å². The highest BCUT2D eigenvalue weighted by Gasteiger charge is 2.40. The Kier molecular flexibility index (Phi) is 4.72. The minimum absolute atomic E-state index is 0.164. The summed E-state index contributed by atoms with van der Waals surface area (Å²) < 4.78 is 1.69. The smallest absolute Gasteiger partial charge is 0.347 e. The van der Waals surface area contributed by atoms with E-state index in [1.165, 1.54) is 0 Å². The molecular weight excluding hydrogens is 328 g/mol. The predicted octanol–water partition coefficient (Wildman–Crippen LogP) is 1.22. The summed E-state index contributed by atoms with van der Waals surface area (Å²) in [4.78, 5) is 29.3. The number of likely N-dealkylation sites (tertiary alicyclic amines) is 1. The van der Waals surface area contributed by atoms with Gasteiger partial charge in [0.25, 0.3) is 0 Å². The van der Waals surface area contributed by atoms with Crippen molar-refractivity contribution in [2.75, 3.05) is 37.6 Å². The zero-order valence-electron chi connectivity index (χ0n) is 15.5. The average molecular weight is 354 g/mol. The van der Waals surface area contributed by atoms with E-state index in [1.54, 1.807) is 17.1 Å². The highest BCUT2D eigenvalue weighted by molar-refractivity contribution is 5.41. The molecule has 0 saturated carbocycles. The van der Waals surface area contributed by atoms with Gasteiger partial charge in [0.15, 0.2) is 0 Å². The lowest BCUT2D eigenvalue weighted by molar-refractivity contribution is 0.300. The van der Waals surface area contributed by atoms with Crippen LogP contribution in [0.2, 0.25) is 0 Å². The molecule has 2 saturated heterocycles. The van der Waals surface area contributed by atoms with Gasteiger partial charge in [0.2, 0.25) is 0 Å². The molecule has 2 aliphatic rings. The third kappa shape index (κ3) is 3.49. The maximum Gasteiger partial charge on any atom is 0.347 e. The Hall–Kier alpha value is -2.28. The quantitative estimate of drug-likeness (QED) is 0.804. The average Bonchev–Trinajstić information content (AvgIpc) is 3.20. The fourth-order valence-electron chi connectivity index (χ4n) is 4.12. The summed E-state index contributed by atoms with van der Waals surface area (Å²) >= 11 is 0. The fourth-order valence-corrected chi connectivity index (χ4v) is 4.12. The van der Waals surface area contributed by atoms with E-state index in [2.05, 4.69) is 44.7 Å². The largest absolute Gasteiger partial charge is 0.356 e. The summed E-state index contributed by atoms with van der Waals surface area (Å²) in [6.45, 7) is 10.2. The van der Waals surface area contributed by atoms with Crippen molar-refractivity contribution in [2.24, 2.45) is 11.8 Å². The van der Waals surface area contributed by atoms with Gasteiger partial charge in [-0.15, -0.1) is 0 Å². The zero-order valence-corrected chi connectivity index (χ0v) is 15.5. The molecule has 7 nitrogen and oxygen atoms in total. The molecule has 2 fully saturated rings. The number of hydrogen-bond donors (Lipinski definition) is 0. The van der Waals surface area contributed by atoms with Crippen LogP contribution in [0.15, 0.2) is 35.6 Å². The first-order chi connectivity index (χ1) is 12.6. The Morgan fingerprint density at radius 3 is 2.54 bits per heavy atom. The molecule has 2 aromatic heterocycles. The topological polar surface area (TPSA) is 67.2 Å². The molecule has 4 rings (SSSR count). The van der Waals surface area contributed by atoms with Crippen molar-refractivity contribution in [1.29, 1.82) is 0 Å². The van der Waals surface area contributed by atoms with Gasteiger partial charge in [-0.3, -0.25) is 4.57 Å². The molecule has 0 N–H and O–H groups in total. The van der Waals surface area contributed by atoms with Crippen LogP contribution >= 0.6 is 0 Å². The van der Waals surface area contributed by atoms with Gasteiger partial charge >= 0.3 is 5.69 Å². The summed E-state index contributed by atoms with van der Waals surface area (Å²) in [6, 6.07) is 3.95. The first kappa shape index (κ1) is 17.1. The molecular formula is C19H26N6O. The molecule has 4 heterocycles. The van der Waals surface area contributed by atoms with E-state index in [1.807, 2.05) is 12.3 Å². The SMILES string of the molecule is CC(C)c1cc(N2CC3CN(CCn4cccnc4=O)CC3C2)ncn1. The summed E-state index contributed by atoms with van der Waals surface area (Å²) in [5.74, 6) is 2.84. The lowest BCUT2D eigenvalue weighted by Gasteiger charge is -2.22. The minimum atomic E-state index is -0.164. The highest BCUT2D eigenvalue weighted by Crippen LogP contribution is 2.33. The maximum absolute atomic E-state index is 11.7. The molecule has 2 atom stereocenters. The van der Waals surface area contributed by atoms with Crippen molar-refractivity contribution in [1.82, 2.24) is 24.4 Å². The van der Waals surface area contributed by atoms with Gasteiger partial charge in [-0.2, -0.15) is 0 Å². The number of aromatic nitrogens is 4. The first-order valence-electron chi connectivity index (χ1n) is 9.41. The van der Waals surface area contributed by atoms with Crippen molar-refractivity contribution in [3.8, 4) is 0 Å². The molecule has 0 bridgehead atoms. The van der Waals surface area contributed by atoms with Crippen LogP contribution in [0, 0.1) is 11.8 Å². The Morgan fingerprint density at radius 2 is 1.85 bits per heavy atom. The standard InChI is InChI=1S/C19H26N6O/c1-14(2)17-8-18(22-13-21-17)25-11-15-9-23(10-16(15)12-25)6-7-24-5-3-4-20-19(24)26/h3-5,8,13-16H,6-7,9-12H2,1-2H3. The highest BCUT2D eigenvalue weighted by atomic mass is 16.1. The van der Waals surface area contributed by atoms with E-state index in [4.69, 9.17) is 0 Å². The fraction of sp³-hybridized carbons (Fsp3) is 0.579. The number of rotatable bonds is 5. The van der Waals surface area contributed by atoms with Crippen molar-refractivity contribution in [3.05, 3.63) is 47.0 Å². The Labute approximate surface area is 153 Å². The van der Waals surface area contributed by atoms with Crippen molar-refractivity contribution < 1.29 is 0 Å². The van der Waals surface area contributed by atoms with Crippen LogP contribution < -0.4 is 10.6 Å². The summed E-state index contributed by atoms with van der Waals surface area (Å²) in [7, 11) is 0. The van der Waals surface area contributed by atoms with Crippen LogP contribution in [0.5, 0.6) is 0 Å². The second-order valence-electron chi connectivity index (χ2n) is 7.74. The molecule has 2 aromatic rings. The van der Waals surface area contributed by atoms with Gasteiger partial charge in [0, 0.05) is 63.4 Å². The number of fused-ring (bicyclic) bond motifs is 1. The van der Waals surface area contributed by atoms with E-state index in [-0.39, 0.29) is 5.69 Å². The van der Waals surface area contributed by atoms with E-state index in [9.17, 15) is 4.79 Å². The lowest BCUT2D eigenvalue weighted by atomic mass is 10.0. The lowest BCUT2D eigenvalue weighted by Crippen LogP contribution is -2.33. The summed E-state index contributed by atoms with van der Waals surface area (Å²) in [5.41, 5.74) is 0.943. The van der Waals surface area contributed by atoms with Gasteiger partial charge in [-0.1, -0.05) is 13.8 Å². The first-order valence-corrected chi connectivity index (χ1v) is 9.41. The van der Waals surface area contributed by atoms with E-state index in [0.717, 1.165) is 44.2 Å². The number of anilines is 1. The van der Waals surface area contributed by atoms with E-state index in [0.29, 0.717) is 24.3 Å². The summed E-state index contributed by atoms with van der Waals surface area (Å²) in [5, 5.41) is 0. The second-order valence-corrected chi connectivity index (χ2v) is 7.74. The Morgan fingerprint density at radius 1 is 1.08 bits per heavy atom. The molecule has 7 heteroatoms. The van der Waals surface area contributed by atoms with Crippen LogP contribution in [0.25, 0.3) is 0 Å². The summed E-state index contributed by atoms with van der Waals surface area (Å²) in [6.07, 6.45) is 5.05. The third-order valence-electron chi connectivity index (χ3n) is 5.59. The van der Waals surface area contributed by atoms with Crippen LogP contribution in [-0.4, -0.2) is 57.1 Å². The molecule has 0 amide bonds. The minimum Gasteiger partial charge on any atom is -0.356 e.